The van der Waals surface area contributed by atoms with Crippen LogP contribution in [0, 0.1) is 11.8 Å². The molecule has 4 aliphatic rings. The Balaban J connectivity index is 1.66. The number of phenols is 1. The number of aliphatic hydroxyl groups is 2. The van der Waals surface area contributed by atoms with Gasteiger partial charge in [0.1, 0.15) is 0 Å². The predicted octanol–water partition coefficient (Wildman–Crippen LogP) is 2.06. The van der Waals surface area contributed by atoms with Crippen LogP contribution in [0.15, 0.2) is 23.0 Å². The van der Waals surface area contributed by atoms with Crippen LogP contribution in [0.1, 0.15) is 49.3 Å². The molecule has 1 heterocycles. The fraction of sp³-hybridized carbons (Fsp3) is 0.567. The van der Waals surface area contributed by atoms with Gasteiger partial charge >= 0.3 is 219 Å². The van der Waals surface area contributed by atoms with Gasteiger partial charge in [-0.25, -0.2) is 0 Å². The van der Waals surface area contributed by atoms with Crippen LogP contribution in [0.2, 0.25) is 0 Å². The van der Waals surface area contributed by atoms with E-state index in [1.165, 1.54) is 6.42 Å². The summed E-state index contributed by atoms with van der Waals surface area (Å²) in [5.74, 6) is -2.81. The van der Waals surface area contributed by atoms with Crippen LogP contribution >= 0.6 is 9.24 Å². The van der Waals surface area contributed by atoms with E-state index < -0.39 is 28.8 Å². The monoisotopic (exact) mass is 579 g/mol. The van der Waals surface area contributed by atoms with Gasteiger partial charge < -0.3 is 0 Å². The van der Waals surface area contributed by atoms with Gasteiger partial charge in [0, 0.05) is 0 Å². The van der Waals surface area contributed by atoms with Crippen LogP contribution in [0.4, 0.5) is 5.69 Å². The van der Waals surface area contributed by atoms with Crippen LogP contribution in [-0.4, -0.2) is 102 Å². The zero-order valence-electron chi connectivity index (χ0n) is 24.6. The number of benzene rings is 1. The number of Topliss-reactive ketones (excluding diaryl/α,β-unsaturated/α-hetero) is 1. The molecule has 0 spiro atoms. The van der Waals surface area contributed by atoms with Crippen LogP contribution in [0.3, 0.4) is 0 Å². The molecule has 1 saturated carbocycles. The second-order valence-electron chi connectivity index (χ2n) is 12.6. The van der Waals surface area contributed by atoms with Crippen LogP contribution in [0.5, 0.6) is 5.75 Å². The molecule has 1 unspecified atom stereocenters. The number of nitrogens with two attached hydrogens (primary N) is 1. The Morgan fingerprint density at radius 1 is 1.22 bits per heavy atom. The number of phenolic OH excluding ortho intramolecular Hbond substituents is 1. The van der Waals surface area contributed by atoms with Gasteiger partial charge in [0.05, 0.1) is 0 Å². The van der Waals surface area contributed by atoms with E-state index in [4.69, 9.17) is 13.2 Å². The summed E-state index contributed by atoms with van der Waals surface area (Å²) in [6.07, 6.45) is 4.32. The summed E-state index contributed by atoms with van der Waals surface area (Å²) in [6, 6.07) is 1.46. The molecule has 6 atom stereocenters. The number of hydrogen-bond acceptors (Lipinski definition) is 8. The van der Waals surface area contributed by atoms with Crippen molar-refractivity contribution in [2.45, 2.75) is 62.8 Å². The number of rotatable bonds is 5. The van der Waals surface area contributed by atoms with Crippen LogP contribution in [0.25, 0.3) is 5.76 Å². The molecule has 41 heavy (non-hydrogen) atoms. The van der Waals surface area contributed by atoms with Crippen LogP contribution < -0.4 is 10.6 Å². The van der Waals surface area contributed by atoms with Crippen molar-refractivity contribution in [2.75, 3.05) is 39.6 Å². The fourth-order valence-electron chi connectivity index (χ4n) is 7.83. The van der Waals surface area contributed by atoms with E-state index in [2.05, 4.69) is 21.1 Å². The predicted molar refractivity (Wildman–Crippen MR) is 166 cm³/mol. The van der Waals surface area contributed by atoms with E-state index in [0.29, 0.717) is 25.4 Å². The quantitative estimate of drug-likeness (QED) is 0.308. The number of primary amides is 1. The third-order valence-corrected chi connectivity index (χ3v) is 10.8. The van der Waals surface area contributed by atoms with Gasteiger partial charge in [0.15, 0.2) is 0 Å². The number of allylic oxidation sites excluding steroid dienone is 1. The number of carbonyl (C=O) groups excluding carboxylic acids is 2. The molecule has 1 aromatic carbocycles. The molecular formula is C30H41BN4O5P. The molecule has 1 aromatic rings. The van der Waals surface area contributed by atoms with Crippen molar-refractivity contribution in [3.8, 4) is 5.75 Å². The maximum atomic E-state index is 14.4. The van der Waals surface area contributed by atoms with Crippen molar-refractivity contribution in [1.82, 2.24) is 9.80 Å². The number of nitrogens with zero attached hydrogens (tertiary/aromatic N) is 3. The second kappa shape index (κ2) is 10.5. The van der Waals surface area contributed by atoms with E-state index >= 15 is 0 Å². The van der Waals surface area contributed by atoms with Crippen molar-refractivity contribution in [2.24, 2.45) is 17.6 Å². The van der Waals surface area contributed by atoms with Crippen molar-refractivity contribution < 1.29 is 24.9 Å². The fourth-order valence-corrected chi connectivity index (χ4v) is 8.44. The maximum absolute atomic E-state index is 14.4. The number of hydrogen-bond donors (Lipinski definition) is 4. The summed E-state index contributed by atoms with van der Waals surface area (Å²) >= 11 is 0. The molecule has 1 saturated heterocycles. The topological polar surface area (TPSA) is 131 Å². The third kappa shape index (κ3) is 4.45. The van der Waals surface area contributed by atoms with E-state index in [9.17, 15) is 24.9 Å². The summed E-state index contributed by atoms with van der Waals surface area (Å²) in [5.41, 5.74) is 8.41. The second-order valence-corrected chi connectivity index (χ2v) is 13.5. The summed E-state index contributed by atoms with van der Waals surface area (Å²) < 4.78 is 0. The summed E-state index contributed by atoms with van der Waals surface area (Å²) in [6.45, 7) is 3.90. The number of anilines is 1. The zero-order valence-corrected chi connectivity index (χ0v) is 25.7. The molecule has 5 N–H and O–H groups in total. The van der Waals surface area contributed by atoms with Crippen molar-refractivity contribution in [3.63, 3.8) is 0 Å². The Morgan fingerprint density at radius 2 is 1.90 bits per heavy atom. The molecular weight excluding hydrogens is 538 g/mol. The molecule has 3 aliphatic carbocycles. The summed E-state index contributed by atoms with van der Waals surface area (Å²) in [5, 5.41) is 32.7. The molecule has 1 amide bonds. The molecule has 9 nitrogen and oxygen atoms in total. The molecule has 11 heteroatoms. The number of aliphatic hydroxyl groups excluding tert-OH is 2. The average Bonchev–Trinajstić information content (AvgIpc) is 2.86. The average molecular weight is 579 g/mol. The molecule has 0 bridgehead atoms. The van der Waals surface area contributed by atoms with Crippen molar-refractivity contribution >= 4 is 45.3 Å². The normalized spacial score (nSPS) is 30.3. The SMILES string of the molecule is [B]=C1C(C(N)=O)=C(O)[C@@H](N(C)C)[C@@H]2C[C@@H]3Cc4c(c(O)cc(CN5CCCC[C@@H]5C)c4N(C)C)C(O)=C3C(=O)[C@]12P. The number of aromatic hydroxyl groups is 1. The molecule has 2 fully saturated rings. The number of fused-ring (bicyclic) bond motifs is 3. The Labute approximate surface area is 245 Å². The number of likely N-dealkylation sites (N-methyl/N-ethyl adjacent to an activating group) is 1. The number of piperidine rings is 1. The Kier molecular flexibility index (Phi) is 7.67. The first-order valence-electron chi connectivity index (χ1n) is 14.3. The van der Waals surface area contributed by atoms with E-state index in [0.717, 1.165) is 36.2 Å². The van der Waals surface area contributed by atoms with Gasteiger partial charge in [0.2, 0.25) is 0 Å². The number of ketones is 1. The first-order chi connectivity index (χ1) is 19.2. The molecule has 5 rings (SSSR count). The Hall–Kier alpha value is -2.68. The van der Waals surface area contributed by atoms with E-state index in [1.54, 1.807) is 25.1 Å². The minimum atomic E-state index is -1.47. The first-order valence-corrected chi connectivity index (χ1v) is 14.9. The van der Waals surface area contributed by atoms with Gasteiger partial charge in [0.25, 0.3) is 0 Å². The van der Waals surface area contributed by atoms with Gasteiger partial charge in [-0.3, -0.25) is 0 Å². The van der Waals surface area contributed by atoms with Gasteiger partial charge in [-0.05, 0) is 19.8 Å². The Bertz CT molecular complexity index is 1410. The number of carbonyl (C=O) groups is 2. The number of likely N-dealkylation sites (tertiary alicyclic amines) is 1. The molecule has 219 valence electrons. The van der Waals surface area contributed by atoms with E-state index in [-0.39, 0.29) is 45.4 Å². The molecule has 0 aromatic heterocycles. The molecule has 1 aliphatic heterocycles. The van der Waals surface area contributed by atoms with E-state index in [1.807, 2.05) is 19.0 Å². The first kappa shape index (κ1) is 29.8. The minimum absolute atomic E-state index is 0.0661. The summed E-state index contributed by atoms with van der Waals surface area (Å²) in [4.78, 5) is 33.0. The van der Waals surface area contributed by atoms with Crippen LogP contribution in [-0.2, 0) is 22.6 Å². The Morgan fingerprint density at radius 3 is 2.49 bits per heavy atom. The van der Waals surface area contributed by atoms with Crippen molar-refractivity contribution in [1.29, 1.82) is 0 Å². The third-order valence-electron chi connectivity index (χ3n) is 9.75. The van der Waals surface area contributed by atoms with Gasteiger partial charge in [-0.1, -0.05) is 6.42 Å². The van der Waals surface area contributed by atoms with Crippen molar-refractivity contribution in [3.05, 3.63) is 39.7 Å². The standard InChI is InChI=1S/C30H41BN4O5P/c1-14-8-6-7-9-35(14)13-16-12-19(36)21-17(23(16)33(2)3)10-15-11-18-24(34(4)5)26(38)22(29(32)40)27(31)30(18,41)28(39)20(15)25(21)37/h12,14-15,18,24,36-38H,6-11,13,41H2,1-5H3,(H2,32,40)/t14-,15-,18-,24-,30+/m0/s1. The van der Waals surface area contributed by atoms with Gasteiger partial charge in [-0.15, -0.1) is 0 Å². The zero-order chi connectivity index (χ0) is 30.1. The molecule has 1 radical (unpaired) electrons. The number of amides is 1. The van der Waals surface area contributed by atoms with Gasteiger partial charge in [-0.2, -0.15) is 0 Å². The summed E-state index contributed by atoms with van der Waals surface area (Å²) in [7, 11) is 16.4.